The molecule has 4 nitrogen and oxygen atoms in total. The van der Waals surface area contributed by atoms with Gasteiger partial charge in [0.1, 0.15) is 17.9 Å². The number of aromatic hydroxyl groups is 1. The van der Waals surface area contributed by atoms with Crippen molar-refractivity contribution in [2.24, 2.45) is 0 Å². The molecule has 1 rings (SSSR count). The number of ketones is 1. The summed E-state index contributed by atoms with van der Waals surface area (Å²) in [6.07, 6.45) is 0.293. The van der Waals surface area contributed by atoms with Gasteiger partial charge in [-0.1, -0.05) is 24.6 Å². The fourth-order valence-electron chi connectivity index (χ4n) is 1.04. The SMILES string of the molecule is CCC(=O)COC(=O)c1c(O)cccc1Cl. The van der Waals surface area contributed by atoms with Crippen molar-refractivity contribution in [1.29, 1.82) is 0 Å². The van der Waals surface area contributed by atoms with Gasteiger partial charge in [-0.15, -0.1) is 0 Å². The molecule has 1 aromatic rings. The molecular weight excluding hydrogens is 232 g/mol. The number of hydrogen-bond acceptors (Lipinski definition) is 4. The van der Waals surface area contributed by atoms with E-state index < -0.39 is 5.97 Å². The van der Waals surface area contributed by atoms with Crippen LogP contribution in [0.1, 0.15) is 23.7 Å². The number of Topliss-reactive ketones (excluding diaryl/α,β-unsaturated/α-hetero) is 1. The molecule has 0 radical (unpaired) electrons. The number of phenols is 1. The number of carbonyl (C=O) groups is 2. The van der Waals surface area contributed by atoms with Gasteiger partial charge in [-0.3, -0.25) is 4.79 Å². The number of carbonyl (C=O) groups excluding carboxylic acids is 2. The van der Waals surface area contributed by atoms with Crippen LogP contribution >= 0.6 is 11.6 Å². The molecule has 86 valence electrons. The lowest BCUT2D eigenvalue weighted by molar-refractivity contribution is -0.121. The van der Waals surface area contributed by atoms with Gasteiger partial charge < -0.3 is 9.84 Å². The molecule has 0 heterocycles. The zero-order valence-corrected chi connectivity index (χ0v) is 9.45. The maximum Gasteiger partial charge on any atom is 0.343 e. The van der Waals surface area contributed by atoms with Crippen LogP contribution in [0.3, 0.4) is 0 Å². The van der Waals surface area contributed by atoms with Crippen LogP contribution < -0.4 is 0 Å². The third-order valence-corrected chi connectivity index (χ3v) is 2.27. The summed E-state index contributed by atoms with van der Waals surface area (Å²) in [6.45, 7) is 1.36. The molecule has 0 bridgehead atoms. The van der Waals surface area contributed by atoms with E-state index in [0.29, 0.717) is 6.42 Å². The van der Waals surface area contributed by atoms with Crippen LogP contribution in [0.4, 0.5) is 0 Å². The van der Waals surface area contributed by atoms with Crippen molar-refractivity contribution in [3.63, 3.8) is 0 Å². The summed E-state index contributed by atoms with van der Waals surface area (Å²) in [7, 11) is 0. The Morgan fingerprint density at radius 1 is 1.44 bits per heavy atom. The topological polar surface area (TPSA) is 63.6 Å². The van der Waals surface area contributed by atoms with Gasteiger partial charge in [0, 0.05) is 6.42 Å². The monoisotopic (exact) mass is 242 g/mol. The van der Waals surface area contributed by atoms with Crippen molar-refractivity contribution in [3.8, 4) is 5.75 Å². The van der Waals surface area contributed by atoms with Crippen LogP contribution in [-0.2, 0) is 9.53 Å². The molecule has 0 atom stereocenters. The van der Waals surface area contributed by atoms with Crippen molar-refractivity contribution < 1.29 is 19.4 Å². The average molecular weight is 243 g/mol. The Labute approximate surface area is 97.8 Å². The van der Waals surface area contributed by atoms with Crippen molar-refractivity contribution in [2.75, 3.05) is 6.61 Å². The molecule has 0 aliphatic rings. The highest BCUT2D eigenvalue weighted by atomic mass is 35.5. The van der Waals surface area contributed by atoms with E-state index in [1.54, 1.807) is 6.92 Å². The van der Waals surface area contributed by atoms with Crippen LogP contribution in [0.25, 0.3) is 0 Å². The van der Waals surface area contributed by atoms with Crippen LogP contribution in [0.5, 0.6) is 5.75 Å². The second kappa shape index (κ2) is 5.51. The minimum atomic E-state index is -0.801. The molecule has 0 saturated heterocycles. The van der Waals surface area contributed by atoms with Crippen LogP contribution in [0.2, 0.25) is 5.02 Å². The fraction of sp³-hybridized carbons (Fsp3) is 0.273. The Morgan fingerprint density at radius 3 is 2.69 bits per heavy atom. The standard InChI is InChI=1S/C11H11ClO4/c1-2-7(13)6-16-11(15)10-8(12)4-3-5-9(10)14/h3-5,14H,2,6H2,1H3. The molecule has 0 spiro atoms. The van der Waals surface area contributed by atoms with Crippen molar-refractivity contribution in [1.82, 2.24) is 0 Å². The van der Waals surface area contributed by atoms with E-state index in [1.165, 1.54) is 18.2 Å². The normalized spacial score (nSPS) is 9.88. The van der Waals surface area contributed by atoms with E-state index in [1.807, 2.05) is 0 Å². The molecule has 0 aliphatic carbocycles. The van der Waals surface area contributed by atoms with E-state index in [-0.39, 0.29) is 28.7 Å². The summed E-state index contributed by atoms with van der Waals surface area (Å²) in [5.41, 5.74) is -0.118. The highest BCUT2D eigenvalue weighted by Gasteiger charge is 2.17. The summed E-state index contributed by atoms with van der Waals surface area (Å²) in [5.74, 6) is -1.26. The van der Waals surface area contributed by atoms with Crippen molar-refractivity contribution in [3.05, 3.63) is 28.8 Å². The fourth-order valence-corrected chi connectivity index (χ4v) is 1.28. The Morgan fingerprint density at radius 2 is 2.12 bits per heavy atom. The summed E-state index contributed by atoms with van der Waals surface area (Å²) < 4.78 is 4.71. The first-order chi connectivity index (χ1) is 7.56. The minimum Gasteiger partial charge on any atom is -0.507 e. The second-order valence-electron chi connectivity index (χ2n) is 3.10. The second-order valence-corrected chi connectivity index (χ2v) is 3.51. The first-order valence-corrected chi connectivity index (χ1v) is 5.10. The van der Waals surface area contributed by atoms with Gasteiger partial charge in [0.2, 0.25) is 0 Å². The number of hydrogen-bond donors (Lipinski definition) is 1. The van der Waals surface area contributed by atoms with Gasteiger partial charge in [0.15, 0.2) is 5.78 Å². The molecule has 0 amide bonds. The van der Waals surface area contributed by atoms with Crippen molar-refractivity contribution >= 4 is 23.4 Å². The van der Waals surface area contributed by atoms with Crippen LogP contribution in [0.15, 0.2) is 18.2 Å². The maximum atomic E-state index is 11.5. The highest BCUT2D eigenvalue weighted by Crippen LogP contribution is 2.25. The zero-order valence-electron chi connectivity index (χ0n) is 8.70. The Kier molecular flexibility index (Phi) is 4.31. The smallest absolute Gasteiger partial charge is 0.343 e. The number of halogens is 1. The van der Waals surface area contributed by atoms with E-state index >= 15 is 0 Å². The molecule has 1 aromatic carbocycles. The van der Waals surface area contributed by atoms with E-state index in [2.05, 4.69) is 0 Å². The molecule has 0 saturated carbocycles. The first kappa shape index (κ1) is 12.5. The largest absolute Gasteiger partial charge is 0.507 e. The van der Waals surface area contributed by atoms with E-state index in [4.69, 9.17) is 16.3 Å². The predicted octanol–water partition coefficient (Wildman–Crippen LogP) is 2.18. The molecule has 0 unspecified atom stereocenters. The summed E-state index contributed by atoms with van der Waals surface area (Å²) in [5, 5.41) is 9.51. The quantitative estimate of drug-likeness (QED) is 0.822. The summed E-state index contributed by atoms with van der Waals surface area (Å²) in [4.78, 5) is 22.4. The summed E-state index contributed by atoms with van der Waals surface area (Å²) in [6, 6.07) is 4.29. The van der Waals surface area contributed by atoms with E-state index in [0.717, 1.165) is 0 Å². The number of benzene rings is 1. The lowest BCUT2D eigenvalue weighted by atomic mass is 10.2. The Bertz CT molecular complexity index is 394. The van der Waals surface area contributed by atoms with E-state index in [9.17, 15) is 14.7 Å². The van der Waals surface area contributed by atoms with Crippen molar-refractivity contribution in [2.45, 2.75) is 13.3 Å². The molecule has 0 aromatic heterocycles. The lowest BCUT2D eigenvalue weighted by Gasteiger charge is -2.06. The Hall–Kier alpha value is -1.55. The van der Waals surface area contributed by atoms with Gasteiger partial charge in [-0.05, 0) is 12.1 Å². The third-order valence-electron chi connectivity index (χ3n) is 1.95. The Balaban J connectivity index is 2.77. The number of ether oxygens (including phenoxy) is 1. The molecule has 1 N–H and O–H groups in total. The predicted molar refractivity (Wildman–Crippen MR) is 58.7 cm³/mol. The molecule has 5 heteroatoms. The highest BCUT2D eigenvalue weighted by molar-refractivity contribution is 6.34. The molecule has 0 aliphatic heterocycles. The summed E-state index contributed by atoms with van der Waals surface area (Å²) >= 11 is 5.73. The molecule has 0 fully saturated rings. The number of rotatable bonds is 4. The van der Waals surface area contributed by atoms with Gasteiger partial charge >= 0.3 is 5.97 Å². The lowest BCUT2D eigenvalue weighted by Crippen LogP contribution is -2.13. The van der Waals surface area contributed by atoms with Gasteiger partial charge in [-0.25, -0.2) is 4.79 Å². The maximum absolute atomic E-state index is 11.5. The number of phenolic OH excluding ortho intramolecular Hbond substituents is 1. The zero-order chi connectivity index (χ0) is 12.1. The van der Waals surface area contributed by atoms with Crippen LogP contribution in [0, 0.1) is 0 Å². The van der Waals surface area contributed by atoms with Gasteiger partial charge in [-0.2, -0.15) is 0 Å². The third kappa shape index (κ3) is 2.97. The van der Waals surface area contributed by atoms with Gasteiger partial charge in [0.05, 0.1) is 5.02 Å². The number of esters is 1. The molecule has 16 heavy (non-hydrogen) atoms. The first-order valence-electron chi connectivity index (χ1n) is 4.72. The minimum absolute atomic E-state index is 0.0916. The molecular formula is C11H11ClO4. The van der Waals surface area contributed by atoms with Crippen LogP contribution in [-0.4, -0.2) is 23.5 Å². The average Bonchev–Trinajstić information content (AvgIpc) is 2.25. The van der Waals surface area contributed by atoms with Gasteiger partial charge in [0.25, 0.3) is 0 Å².